The molecule has 3 rings (SSSR count). The lowest BCUT2D eigenvalue weighted by Gasteiger charge is -2.32. The van der Waals surface area contributed by atoms with Crippen LogP contribution in [0.4, 0.5) is 0 Å². The molecule has 0 aliphatic heterocycles. The molecule has 0 unspecified atom stereocenters. The average Bonchev–Trinajstić information content (AvgIpc) is 2.71. The maximum absolute atomic E-state index is 12.0. The molecule has 0 radical (unpaired) electrons. The van der Waals surface area contributed by atoms with Crippen LogP contribution in [0.3, 0.4) is 0 Å². The highest BCUT2D eigenvalue weighted by molar-refractivity contribution is 5.90. The molecule has 1 aromatic rings. The minimum absolute atomic E-state index is 0.107. The highest BCUT2D eigenvalue weighted by Crippen LogP contribution is 2.46. The molecule has 2 saturated carbocycles. The van der Waals surface area contributed by atoms with Gasteiger partial charge in [-0.2, -0.15) is 0 Å². The molecule has 1 aromatic carbocycles. The third-order valence-corrected chi connectivity index (χ3v) is 4.24. The van der Waals surface area contributed by atoms with Crippen molar-refractivity contribution in [2.45, 2.75) is 31.6 Å². The number of carbonyl (C=O) groups excluding carboxylic acids is 2. The van der Waals surface area contributed by atoms with Crippen LogP contribution < -0.4 is 0 Å². The van der Waals surface area contributed by atoms with Crippen molar-refractivity contribution in [3.63, 3.8) is 0 Å². The van der Waals surface area contributed by atoms with Crippen molar-refractivity contribution < 1.29 is 9.59 Å². The summed E-state index contributed by atoms with van der Waals surface area (Å²) >= 11 is 0. The maximum atomic E-state index is 12.0. The monoisotopic (exact) mass is 228 g/mol. The van der Waals surface area contributed by atoms with Crippen molar-refractivity contribution in [1.29, 1.82) is 0 Å². The number of ketones is 2. The van der Waals surface area contributed by atoms with Gasteiger partial charge in [-0.3, -0.25) is 9.59 Å². The summed E-state index contributed by atoms with van der Waals surface area (Å²) in [4.78, 5) is 23.8. The fourth-order valence-corrected chi connectivity index (χ4v) is 3.49. The molecule has 3 atom stereocenters. The molecule has 2 fully saturated rings. The van der Waals surface area contributed by atoms with E-state index in [1.54, 1.807) is 0 Å². The van der Waals surface area contributed by atoms with Crippen LogP contribution in [0.15, 0.2) is 30.3 Å². The van der Waals surface area contributed by atoms with E-state index in [1.807, 2.05) is 30.3 Å². The lowest BCUT2D eigenvalue weighted by molar-refractivity contribution is -0.127. The third-order valence-electron chi connectivity index (χ3n) is 4.24. The van der Waals surface area contributed by atoms with Crippen LogP contribution in [0.2, 0.25) is 0 Å². The van der Waals surface area contributed by atoms with Gasteiger partial charge in [-0.05, 0) is 17.9 Å². The van der Waals surface area contributed by atoms with E-state index in [0.717, 1.165) is 12.0 Å². The van der Waals surface area contributed by atoms with Crippen LogP contribution in [0.5, 0.6) is 0 Å². The second kappa shape index (κ2) is 4.10. The van der Waals surface area contributed by atoms with E-state index in [9.17, 15) is 9.59 Å². The SMILES string of the molecule is O=C1C[C@@H]2CCC(=O)[C@@H]2[C@H](c2ccccc2)C1. The zero-order valence-electron chi connectivity index (χ0n) is 9.76. The van der Waals surface area contributed by atoms with Gasteiger partial charge >= 0.3 is 0 Å². The van der Waals surface area contributed by atoms with Crippen LogP contribution in [-0.2, 0) is 9.59 Å². The van der Waals surface area contributed by atoms with Gasteiger partial charge in [0.05, 0.1) is 0 Å². The molecule has 0 amide bonds. The Morgan fingerprint density at radius 3 is 2.53 bits per heavy atom. The molecule has 17 heavy (non-hydrogen) atoms. The van der Waals surface area contributed by atoms with Crippen LogP contribution in [0.25, 0.3) is 0 Å². The Hall–Kier alpha value is -1.44. The first-order valence-corrected chi connectivity index (χ1v) is 6.35. The van der Waals surface area contributed by atoms with Crippen LogP contribution in [0, 0.1) is 11.8 Å². The van der Waals surface area contributed by atoms with E-state index < -0.39 is 0 Å². The van der Waals surface area contributed by atoms with Gasteiger partial charge in [0.1, 0.15) is 11.6 Å². The lowest BCUT2D eigenvalue weighted by atomic mass is 9.70. The molecule has 0 heterocycles. The molecular formula is C15H16O2. The Kier molecular flexibility index (Phi) is 2.58. The van der Waals surface area contributed by atoms with Gasteiger partial charge in [0, 0.05) is 31.1 Å². The third kappa shape index (κ3) is 1.82. The molecule has 88 valence electrons. The predicted octanol–water partition coefficient (Wildman–Crippen LogP) is 2.73. The Morgan fingerprint density at radius 1 is 1.00 bits per heavy atom. The lowest BCUT2D eigenvalue weighted by Crippen LogP contribution is -2.31. The van der Waals surface area contributed by atoms with Crippen molar-refractivity contribution in [2.24, 2.45) is 11.8 Å². The summed E-state index contributed by atoms with van der Waals surface area (Å²) in [5.41, 5.74) is 1.16. The number of carbonyl (C=O) groups is 2. The molecule has 0 spiro atoms. The summed E-state index contributed by atoms with van der Waals surface area (Å²) < 4.78 is 0. The van der Waals surface area contributed by atoms with Crippen molar-refractivity contribution in [3.05, 3.63) is 35.9 Å². The molecule has 0 aromatic heterocycles. The highest BCUT2D eigenvalue weighted by atomic mass is 16.1. The molecule has 2 heteroatoms. The van der Waals surface area contributed by atoms with Crippen LogP contribution in [0.1, 0.15) is 37.2 Å². The van der Waals surface area contributed by atoms with Crippen molar-refractivity contribution >= 4 is 11.6 Å². The largest absolute Gasteiger partial charge is 0.300 e. The number of hydrogen-bond donors (Lipinski definition) is 0. The summed E-state index contributed by atoms with van der Waals surface area (Å²) in [6.07, 6.45) is 2.77. The van der Waals surface area contributed by atoms with Crippen molar-refractivity contribution in [1.82, 2.24) is 0 Å². The minimum atomic E-state index is 0.107. The quantitative estimate of drug-likeness (QED) is 0.740. The first kappa shape index (κ1) is 10.7. The van der Waals surface area contributed by atoms with Gasteiger partial charge in [-0.1, -0.05) is 30.3 Å². The first-order chi connectivity index (χ1) is 8.25. The van der Waals surface area contributed by atoms with Gasteiger partial charge in [-0.25, -0.2) is 0 Å². The standard InChI is InChI=1S/C15H16O2/c16-12-8-11-6-7-14(17)15(11)13(9-12)10-4-2-1-3-5-10/h1-5,11,13,15H,6-9H2/t11-,13-,15-/m0/s1. The molecular weight excluding hydrogens is 212 g/mol. The van der Waals surface area contributed by atoms with Gasteiger partial charge in [-0.15, -0.1) is 0 Å². The average molecular weight is 228 g/mol. The number of Topliss-reactive ketones (excluding diaryl/α,β-unsaturated/α-hetero) is 2. The molecule has 2 nitrogen and oxygen atoms in total. The Morgan fingerprint density at radius 2 is 1.76 bits per heavy atom. The van der Waals surface area contributed by atoms with E-state index in [-0.39, 0.29) is 11.8 Å². The van der Waals surface area contributed by atoms with Gasteiger partial charge in [0.15, 0.2) is 0 Å². The summed E-state index contributed by atoms with van der Waals surface area (Å²) in [6, 6.07) is 10.0. The number of fused-ring (bicyclic) bond motifs is 1. The minimum Gasteiger partial charge on any atom is -0.300 e. The smallest absolute Gasteiger partial charge is 0.136 e. The second-order valence-electron chi connectivity index (χ2n) is 5.25. The highest BCUT2D eigenvalue weighted by Gasteiger charge is 2.45. The molecule has 0 saturated heterocycles. The first-order valence-electron chi connectivity index (χ1n) is 6.35. The number of hydrogen-bond acceptors (Lipinski definition) is 2. The summed E-state index contributed by atoms with van der Waals surface area (Å²) in [7, 11) is 0. The maximum Gasteiger partial charge on any atom is 0.136 e. The Labute approximate surface area is 101 Å². The number of rotatable bonds is 1. The zero-order valence-corrected chi connectivity index (χ0v) is 9.76. The van der Waals surface area contributed by atoms with E-state index in [2.05, 4.69) is 0 Å². The van der Waals surface area contributed by atoms with E-state index >= 15 is 0 Å². The van der Waals surface area contributed by atoms with E-state index in [1.165, 1.54) is 0 Å². The second-order valence-corrected chi connectivity index (χ2v) is 5.25. The predicted molar refractivity (Wildman–Crippen MR) is 64.6 cm³/mol. The molecule has 2 aliphatic carbocycles. The normalized spacial score (nSPS) is 32.6. The fourth-order valence-electron chi connectivity index (χ4n) is 3.49. The van der Waals surface area contributed by atoms with Crippen LogP contribution in [-0.4, -0.2) is 11.6 Å². The zero-order chi connectivity index (χ0) is 11.8. The Balaban J connectivity index is 1.96. The molecule has 0 N–H and O–H groups in total. The van der Waals surface area contributed by atoms with Gasteiger partial charge < -0.3 is 0 Å². The Bertz CT molecular complexity index is 449. The van der Waals surface area contributed by atoms with Crippen molar-refractivity contribution in [3.8, 4) is 0 Å². The summed E-state index contributed by atoms with van der Waals surface area (Å²) in [5.74, 6) is 1.26. The molecule has 2 aliphatic rings. The van der Waals surface area contributed by atoms with Crippen LogP contribution >= 0.6 is 0 Å². The van der Waals surface area contributed by atoms with Crippen molar-refractivity contribution in [2.75, 3.05) is 0 Å². The summed E-state index contributed by atoms with van der Waals surface area (Å²) in [6.45, 7) is 0. The molecule has 0 bridgehead atoms. The fraction of sp³-hybridized carbons (Fsp3) is 0.467. The topological polar surface area (TPSA) is 34.1 Å². The van der Waals surface area contributed by atoms with E-state index in [4.69, 9.17) is 0 Å². The summed E-state index contributed by atoms with van der Waals surface area (Å²) in [5, 5.41) is 0. The van der Waals surface area contributed by atoms with Gasteiger partial charge in [0.25, 0.3) is 0 Å². The number of benzene rings is 1. The van der Waals surface area contributed by atoms with E-state index in [0.29, 0.717) is 36.7 Å². The van der Waals surface area contributed by atoms with Gasteiger partial charge in [0.2, 0.25) is 0 Å².